The first-order valence-electron chi connectivity index (χ1n) is 8.20. The van der Waals surface area contributed by atoms with Crippen molar-refractivity contribution in [2.75, 3.05) is 21.3 Å². The second-order valence-electron chi connectivity index (χ2n) is 5.98. The van der Waals surface area contributed by atoms with Gasteiger partial charge in [-0.05, 0) is 19.1 Å². The van der Waals surface area contributed by atoms with Gasteiger partial charge in [0.25, 0.3) is 11.8 Å². The number of benzene rings is 1. The first-order chi connectivity index (χ1) is 12.8. The highest BCUT2D eigenvalue weighted by molar-refractivity contribution is 6.00. The van der Waals surface area contributed by atoms with Crippen molar-refractivity contribution < 1.29 is 28.3 Å². The number of rotatable bonds is 6. The number of nitrogens with one attached hydrogen (secondary N) is 2. The van der Waals surface area contributed by atoms with Crippen LogP contribution < -0.4 is 25.1 Å². The summed E-state index contributed by atoms with van der Waals surface area (Å²) in [5.41, 5.74) is 5.69. The molecule has 0 radical (unpaired) electrons. The van der Waals surface area contributed by atoms with Gasteiger partial charge < -0.3 is 18.7 Å². The molecule has 2 N–H and O–H groups in total. The molecule has 2 amide bonds. The molecule has 0 saturated carbocycles. The summed E-state index contributed by atoms with van der Waals surface area (Å²) in [5, 5.41) is 3.81. The fourth-order valence-electron chi connectivity index (χ4n) is 2.52. The maximum atomic E-state index is 12.4. The summed E-state index contributed by atoms with van der Waals surface area (Å²) < 4.78 is 20.8. The quantitative estimate of drug-likeness (QED) is 0.742. The SMILES string of the molecule is COc1cc(C(=O)NNC(=O)c2c(C)noc2C(C)C)cc(OC)c1OC. The highest BCUT2D eigenvalue weighted by atomic mass is 16.5. The van der Waals surface area contributed by atoms with E-state index in [4.69, 9.17) is 18.7 Å². The lowest BCUT2D eigenvalue weighted by atomic mass is 10.0. The third kappa shape index (κ3) is 4.13. The number of amides is 2. The van der Waals surface area contributed by atoms with Gasteiger partial charge in [-0.1, -0.05) is 19.0 Å². The predicted molar refractivity (Wildman–Crippen MR) is 96.4 cm³/mol. The zero-order valence-corrected chi connectivity index (χ0v) is 16.1. The van der Waals surface area contributed by atoms with Crippen LogP contribution in [0, 0.1) is 6.92 Å². The van der Waals surface area contributed by atoms with Gasteiger partial charge in [-0.2, -0.15) is 0 Å². The molecule has 2 aromatic rings. The topological polar surface area (TPSA) is 112 Å². The Balaban J connectivity index is 2.19. The van der Waals surface area contributed by atoms with Gasteiger partial charge in [0, 0.05) is 11.5 Å². The largest absolute Gasteiger partial charge is 0.493 e. The van der Waals surface area contributed by atoms with E-state index in [9.17, 15) is 9.59 Å². The number of aromatic nitrogens is 1. The predicted octanol–water partition coefficient (Wildman–Crippen LogP) is 2.21. The van der Waals surface area contributed by atoms with Crippen LogP contribution in [-0.2, 0) is 0 Å². The maximum Gasteiger partial charge on any atom is 0.275 e. The third-order valence-electron chi connectivity index (χ3n) is 3.86. The number of methoxy groups -OCH3 is 3. The normalized spacial score (nSPS) is 10.5. The van der Waals surface area contributed by atoms with Gasteiger partial charge in [0.2, 0.25) is 5.75 Å². The van der Waals surface area contributed by atoms with Crippen molar-refractivity contribution >= 4 is 11.8 Å². The third-order valence-corrected chi connectivity index (χ3v) is 3.86. The molecule has 0 aliphatic rings. The zero-order chi connectivity index (χ0) is 20.1. The molecule has 27 heavy (non-hydrogen) atoms. The minimum absolute atomic E-state index is 0.0298. The van der Waals surface area contributed by atoms with Crippen LogP contribution in [0.15, 0.2) is 16.7 Å². The number of carbonyl (C=O) groups is 2. The highest BCUT2D eigenvalue weighted by Crippen LogP contribution is 2.38. The Bertz CT molecular complexity index is 819. The van der Waals surface area contributed by atoms with Gasteiger partial charge in [0.05, 0.1) is 27.0 Å². The molecule has 1 aromatic heterocycles. The molecule has 1 heterocycles. The molecule has 146 valence electrons. The first kappa shape index (κ1) is 20.1. The molecule has 0 aliphatic carbocycles. The lowest BCUT2D eigenvalue weighted by Crippen LogP contribution is -2.42. The van der Waals surface area contributed by atoms with Crippen LogP contribution in [0.3, 0.4) is 0 Å². The van der Waals surface area contributed by atoms with Gasteiger partial charge in [0.15, 0.2) is 17.3 Å². The second kappa shape index (κ2) is 8.43. The number of carbonyl (C=O) groups excluding carboxylic acids is 2. The van der Waals surface area contributed by atoms with Crippen molar-refractivity contribution in [1.82, 2.24) is 16.0 Å². The summed E-state index contributed by atoms with van der Waals surface area (Å²) in [6.07, 6.45) is 0. The zero-order valence-electron chi connectivity index (χ0n) is 16.1. The monoisotopic (exact) mass is 377 g/mol. The Kier molecular flexibility index (Phi) is 6.27. The van der Waals surface area contributed by atoms with E-state index in [0.717, 1.165) is 0 Å². The van der Waals surface area contributed by atoms with E-state index in [1.165, 1.54) is 33.5 Å². The second-order valence-corrected chi connectivity index (χ2v) is 5.98. The maximum absolute atomic E-state index is 12.4. The fourth-order valence-corrected chi connectivity index (χ4v) is 2.52. The Morgan fingerprint density at radius 1 is 1.00 bits per heavy atom. The molecule has 0 atom stereocenters. The summed E-state index contributed by atoms with van der Waals surface area (Å²) in [5.74, 6) is 0.365. The first-order valence-corrected chi connectivity index (χ1v) is 8.20. The Morgan fingerprint density at radius 2 is 1.56 bits per heavy atom. The van der Waals surface area contributed by atoms with E-state index in [2.05, 4.69) is 16.0 Å². The number of ether oxygens (including phenoxy) is 3. The van der Waals surface area contributed by atoms with Crippen LogP contribution in [0.2, 0.25) is 0 Å². The van der Waals surface area contributed by atoms with E-state index < -0.39 is 11.8 Å². The number of hydrogen-bond acceptors (Lipinski definition) is 7. The van der Waals surface area contributed by atoms with E-state index in [0.29, 0.717) is 34.3 Å². The van der Waals surface area contributed by atoms with E-state index in [-0.39, 0.29) is 11.5 Å². The minimum Gasteiger partial charge on any atom is -0.493 e. The van der Waals surface area contributed by atoms with Crippen LogP contribution >= 0.6 is 0 Å². The molecule has 0 bridgehead atoms. The minimum atomic E-state index is -0.553. The van der Waals surface area contributed by atoms with Crippen molar-refractivity contribution in [3.63, 3.8) is 0 Å². The summed E-state index contributed by atoms with van der Waals surface area (Å²) in [4.78, 5) is 24.9. The van der Waals surface area contributed by atoms with Gasteiger partial charge in [0.1, 0.15) is 5.56 Å². The van der Waals surface area contributed by atoms with Crippen LogP contribution in [0.1, 0.15) is 51.9 Å². The lowest BCUT2D eigenvalue weighted by Gasteiger charge is -2.14. The van der Waals surface area contributed by atoms with Crippen molar-refractivity contribution in [2.45, 2.75) is 26.7 Å². The van der Waals surface area contributed by atoms with Crippen molar-refractivity contribution in [3.8, 4) is 17.2 Å². The average molecular weight is 377 g/mol. The smallest absolute Gasteiger partial charge is 0.275 e. The van der Waals surface area contributed by atoms with Crippen LogP contribution in [0.25, 0.3) is 0 Å². The molecular formula is C18H23N3O6. The summed E-state index contributed by atoms with van der Waals surface area (Å²) >= 11 is 0. The van der Waals surface area contributed by atoms with E-state index in [1.807, 2.05) is 13.8 Å². The molecule has 0 unspecified atom stereocenters. The summed E-state index contributed by atoms with van der Waals surface area (Å²) in [7, 11) is 4.36. The molecular weight excluding hydrogens is 354 g/mol. The standard InChI is InChI=1S/C18H23N3O6/c1-9(2)15-14(10(3)21-27-15)18(23)20-19-17(22)11-7-12(24-4)16(26-6)13(8-11)25-5/h7-9H,1-6H3,(H,19,22)(H,20,23). The average Bonchev–Trinajstić information content (AvgIpc) is 3.06. The molecule has 0 aliphatic heterocycles. The molecule has 9 nitrogen and oxygen atoms in total. The lowest BCUT2D eigenvalue weighted by molar-refractivity contribution is 0.0844. The fraction of sp³-hybridized carbons (Fsp3) is 0.389. The Hall–Kier alpha value is -3.23. The van der Waals surface area contributed by atoms with E-state index >= 15 is 0 Å². The molecule has 1 aromatic carbocycles. The summed E-state index contributed by atoms with van der Waals surface area (Å²) in [6, 6.07) is 2.96. The molecule has 0 fully saturated rings. The number of hydrazine groups is 1. The van der Waals surface area contributed by atoms with Crippen LogP contribution in [-0.4, -0.2) is 38.3 Å². The highest BCUT2D eigenvalue weighted by Gasteiger charge is 2.23. The van der Waals surface area contributed by atoms with Crippen LogP contribution in [0.5, 0.6) is 17.2 Å². The number of hydrogen-bond donors (Lipinski definition) is 2. The van der Waals surface area contributed by atoms with Gasteiger partial charge in [-0.15, -0.1) is 0 Å². The van der Waals surface area contributed by atoms with Gasteiger partial charge in [-0.3, -0.25) is 20.4 Å². The van der Waals surface area contributed by atoms with Gasteiger partial charge >= 0.3 is 0 Å². The van der Waals surface area contributed by atoms with Crippen molar-refractivity contribution in [1.29, 1.82) is 0 Å². The molecule has 2 rings (SSSR count). The van der Waals surface area contributed by atoms with Gasteiger partial charge in [-0.25, -0.2) is 0 Å². The Morgan fingerprint density at radius 3 is 2.04 bits per heavy atom. The molecule has 0 spiro atoms. The molecule has 0 saturated heterocycles. The van der Waals surface area contributed by atoms with Crippen molar-refractivity contribution in [3.05, 3.63) is 34.7 Å². The number of aryl methyl sites for hydroxylation is 1. The molecule has 9 heteroatoms. The van der Waals surface area contributed by atoms with Crippen molar-refractivity contribution in [2.24, 2.45) is 0 Å². The number of nitrogens with zero attached hydrogens (tertiary/aromatic N) is 1. The Labute approximate surface area is 156 Å². The van der Waals surface area contributed by atoms with E-state index in [1.54, 1.807) is 6.92 Å². The summed E-state index contributed by atoms with van der Waals surface area (Å²) in [6.45, 7) is 5.42. The van der Waals surface area contributed by atoms with Crippen LogP contribution in [0.4, 0.5) is 0 Å².